The van der Waals surface area contributed by atoms with E-state index in [0.717, 1.165) is 25.0 Å². The first-order chi connectivity index (χ1) is 9.48. The zero-order chi connectivity index (χ0) is 15.4. The Morgan fingerprint density at radius 3 is 2.10 bits per heavy atom. The summed E-state index contributed by atoms with van der Waals surface area (Å²) in [5, 5.41) is 9.22. The number of nitrogens with two attached hydrogens (primary N) is 1. The van der Waals surface area contributed by atoms with Crippen molar-refractivity contribution in [3.8, 4) is 0 Å². The average Bonchev–Trinajstić information content (AvgIpc) is 2.42. The van der Waals surface area contributed by atoms with Gasteiger partial charge in [0.1, 0.15) is 6.04 Å². The number of carbonyl (C=O) groups is 1. The van der Waals surface area contributed by atoms with Gasteiger partial charge in [-0.3, -0.25) is 4.79 Å². The number of halogens is 1. The summed E-state index contributed by atoms with van der Waals surface area (Å²) in [5.41, 5.74) is 5.93. The third-order valence-electron chi connectivity index (χ3n) is 3.88. The SMILES string of the molecule is CCCCCCSC(C)(CCCCCC)C(N)C(=O)O.Cl. The Hall–Kier alpha value is 0.0700. The topological polar surface area (TPSA) is 63.3 Å². The molecule has 0 bridgehead atoms. The number of carboxylic acid groups (broad SMARTS) is 1. The fraction of sp³-hybridized carbons (Fsp3) is 0.938. The third-order valence-corrected chi connectivity index (χ3v) is 5.49. The predicted molar refractivity (Wildman–Crippen MR) is 96.6 cm³/mol. The smallest absolute Gasteiger partial charge is 0.321 e. The lowest BCUT2D eigenvalue weighted by Gasteiger charge is -2.32. The Morgan fingerprint density at radius 2 is 1.62 bits per heavy atom. The van der Waals surface area contributed by atoms with Gasteiger partial charge in [-0.25, -0.2) is 0 Å². The van der Waals surface area contributed by atoms with Gasteiger partial charge in [-0.2, -0.15) is 11.8 Å². The highest BCUT2D eigenvalue weighted by molar-refractivity contribution is 8.00. The Bertz CT molecular complexity index is 267. The van der Waals surface area contributed by atoms with Gasteiger partial charge >= 0.3 is 5.97 Å². The van der Waals surface area contributed by atoms with Crippen LogP contribution >= 0.6 is 24.2 Å². The van der Waals surface area contributed by atoms with Crippen molar-refractivity contribution in [2.75, 3.05) is 5.75 Å². The summed E-state index contributed by atoms with van der Waals surface area (Å²) in [6, 6.07) is -0.764. The van der Waals surface area contributed by atoms with Crippen LogP contribution in [-0.4, -0.2) is 27.6 Å². The fourth-order valence-corrected chi connectivity index (χ4v) is 3.70. The van der Waals surface area contributed by atoms with Crippen molar-refractivity contribution < 1.29 is 9.90 Å². The van der Waals surface area contributed by atoms with Crippen LogP contribution in [0.4, 0.5) is 0 Å². The van der Waals surface area contributed by atoms with E-state index in [1.165, 1.54) is 38.5 Å². The molecule has 0 rings (SSSR count). The van der Waals surface area contributed by atoms with Gasteiger partial charge in [-0.05, 0) is 25.5 Å². The monoisotopic (exact) mass is 339 g/mol. The fourth-order valence-electron chi connectivity index (χ4n) is 2.32. The molecule has 0 aliphatic rings. The summed E-state index contributed by atoms with van der Waals surface area (Å²) in [7, 11) is 0. The lowest BCUT2D eigenvalue weighted by Crippen LogP contribution is -2.48. The first kappa shape index (κ1) is 23.3. The summed E-state index contributed by atoms with van der Waals surface area (Å²) in [6.07, 6.45) is 10.5. The molecule has 0 aromatic rings. The van der Waals surface area contributed by atoms with Crippen LogP contribution in [0.3, 0.4) is 0 Å². The van der Waals surface area contributed by atoms with Gasteiger partial charge in [-0.1, -0.05) is 58.8 Å². The molecule has 128 valence electrons. The Balaban J connectivity index is 0. The van der Waals surface area contributed by atoms with Crippen molar-refractivity contribution in [1.29, 1.82) is 0 Å². The van der Waals surface area contributed by atoms with Crippen molar-refractivity contribution in [2.24, 2.45) is 5.73 Å². The zero-order valence-electron chi connectivity index (χ0n) is 13.9. The molecule has 0 aliphatic carbocycles. The normalized spacial score (nSPS) is 15.0. The number of aliphatic carboxylic acids is 1. The molecule has 5 heteroatoms. The minimum Gasteiger partial charge on any atom is -0.480 e. The molecule has 0 aromatic carbocycles. The molecule has 21 heavy (non-hydrogen) atoms. The molecule has 0 aromatic heterocycles. The summed E-state index contributed by atoms with van der Waals surface area (Å²) >= 11 is 1.76. The summed E-state index contributed by atoms with van der Waals surface area (Å²) in [4.78, 5) is 11.2. The highest BCUT2D eigenvalue weighted by atomic mass is 35.5. The second-order valence-corrected chi connectivity index (χ2v) is 7.48. The molecule has 0 saturated carbocycles. The van der Waals surface area contributed by atoms with Gasteiger partial charge in [-0.15, -0.1) is 12.4 Å². The number of unbranched alkanes of at least 4 members (excludes halogenated alkanes) is 6. The Labute approximate surface area is 141 Å². The standard InChI is InChI=1S/C16H33NO2S.ClH/c1-4-6-8-10-12-16(3,14(17)15(18)19)20-13-11-9-7-5-2;/h14H,4-13,17H2,1-3H3,(H,18,19);1H. The third kappa shape index (κ3) is 10.4. The molecule has 0 radical (unpaired) electrons. The van der Waals surface area contributed by atoms with Crippen molar-refractivity contribution >= 4 is 30.1 Å². The zero-order valence-corrected chi connectivity index (χ0v) is 15.5. The van der Waals surface area contributed by atoms with Crippen LogP contribution in [0.1, 0.15) is 78.6 Å². The maximum Gasteiger partial charge on any atom is 0.321 e. The largest absolute Gasteiger partial charge is 0.480 e. The van der Waals surface area contributed by atoms with E-state index in [0.29, 0.717) is 0 Å². The van der Waals surface area contributed by atoms with Gasteiger partial charge in [0.2, 0.25) is 0 Å². The molecule has 3 nitrogen and oxygen atoms in total. The summed E-state index contributed by atoms with van der Waals surface area (Å²) < 4.78 is -0.328. The summed E-state index contributed by atoms with van der Waals surface area (Å²) in [6.45, 7) is 6.41. The van der Waals surface area contributed by atoms with Crippen LogP contribution in [0, 0.1) is 0 Å². The van der Waals surface area contributed by atoms with Crippen LogP contribution in [0.5, 0.6) is 0 Å². The highest BCUT2D eigenvalue weighted by Crippen LogP contribution is 2.34. The van der Waals surface area contributed by atoms with E-state index >= 15 is 0 Å². The van der Waals surface area contributed by atoms with E-state index in [4.69, 9.17) is 5.73 Å². The number of carboxylic acids is 1. The number of thioether (sulfide) groups is 1. The average molecular weight is 340 g/mol. The van der Waals surface area contributed by atoms with E-state index in [1.54, 1.807) is 11.8 Å². The minimum absolute atomic E-state index is 0. The molecular formula is C16H34ClNO2S. The van der Waals surface area contributed by atoms with E-state index in [-0.39, 0.29) is 17.2 Å². The Morgan fingerprint density at radius 1 is 1.10 bits per heavy atom. The van der Waals surface area contributed by atoms with E-state index in [9.17, 15) is 9.90 Å². The molecule has 0 saturated heterocycles. The van der Waals surface area contributed by atoms with Gasteiger partial charge < -0.3 is 10.8 Å². The van der Waals surface area contributed by atoms with E-state index < -0.39 is 12.0 Å². The van der Waals surface area contributed by atoms with Gasteiger partial charge in [0.05, 0.1) is 0 Å². The molecule has 0 fully saturated rings. The Kier molecular flexibility index (Phi) is 15.2. The van der Waals surface area contributed by atoms with Crippen molar-refractivity contribution in [2.45, 2.75) is 89.3 Å². The quantitative estimate of drug-likeness (QED) is 0.470. The molecule has 0 aliphatic heterocycles. The number of hydrogen-bond acceptors (Lipinski definition) is 3. The van der Waals surface area contributed by atoms with Crippen LogP contribution in [-0.2, 0) is 4.79 Å². The summed E-state index contributed by atoms with van der Waals surface area (Å²) in [5.74, 6) is 0.148. The molecule has 2 atom stereocenters. The maximum atomic E-state index is 11.2. The van der Waals surface area contributed by atoms with Gasteiger partial charge in [0.15, 0.2) is 0 Å². The van der Waals surface area contributed by atoms with E-state index in [1.807, 2.05) is 6.92 Å². The van der Waals surface area contributed by atoms with Crippen molar-refractivity contribution in [1.82, 2.24) is 0 Å². The van der Waals surface area contributed by atoms with Crippen LogP contribution in [0.25, 0.3) is 0 Å². The predicted octanol–water partition coefficient (Wildman–Crippen LogP) is 4.86. The molecular weight excluding hydrogens is 306 g/mol. The van der Waals surface area contributed by atoms with E-state index in [2.05, 4.69) is 13.8 Å². The molecule has 0 amide bonds. The lowest BCUT2D eigenvalue weighted by molar-refractivity contribution is -0.139. The lowest BCUT2D eigenvalue weighted by atomic mass is 9.94. The maximum absolute atomic E-state index is 11.2. The second kappa shape index (κ2) is 13.7. The second-order valence-electron chi connectivity index (χ2n) is 5.85. The molecule has 0 heterocycles. The molecule has 3 N–H and O–H groups in total. The molecule has 2 unspecified atom stereocenters. The number of hydrogen-bond donors (Lipinski definition) is 2. The van der Waals surface area contributed by atoms with Gasteiger partial charge in [0.25, 0.3) is 0 Å². The van der Waals surface area contributed by atoms with Gasteiger partial charge in [0, 0.05) is 4.75 Å². The number of rotatable bonds is 13. The van der Waals surface area contributed by atoms with Crippen molar-refractivity contribution in [3.63, 3.8) is 0 Å². The van der Waals surface area contributed by atoms with Crippen LogP contribution in [0.2, 0.25) is 0 Å². The first-order valence-electron chi connectivity index (χ1n) is 8.10. The minimum atomic E-state index is -0.871. The van der Waals surface area contributed by atoms with Crippen LogP contribution in [0.15, 0.2) is 0 Å². The highest BCUT2D eigenvalue weighted by Gasteiger charge is 2.36. The molecule has 0 spiro atoms. The van der Waals surface area contributed by atoms with Crippen molar-refractivity contribution in [3.05, 3.63) is 0 Å². The first-order valence-corrected chi connectivity index (χ1v) is 9.08. The van der Waals surface area contributed by atoms with Crippen LogP contribution < -0.4 is 5.73 Å².